The molecule has 0 saturated carbocycles. The number of aryl methyl sites for hydroxylation is 2. The molecular weight excluding hydrogens is 274 g/mol. The average Bonchev–Trinajstić information content (AvgIpc) is 2.86. The maximum atomic E-state index is 12.1. The van der Waals surface area contributed by atoms with Crippen molar-refractivity contribution >= 4 is 16.9 Å². The number of aromatic nitrogens is 4. The molecule has 0 amide bonds. The predicted molar refractivity (Wildman–Crippen MR) is 75.8 cm³/mol. The lowest BCUT2D eigenvalue weighted by atomic mass is 10.2. The molecule has 21 heavy (non-hydrogen) atoms. The highest BCUT2D eigenvalue weighted by molar-refractivity contribution is 5.74. The van der Waals surface area contributed by atoms with Crippen molar-refractivity contribution in [1.29, 1.82) is 0 Å². The Balaban J connectivity index is 2.23. The second-order valence-corrected chi connectivity index (χ2v) is 4.63. The Morgan fingerprint density at radius 3 is 2.48 bits per heavy atom. The minimum Gasteiger partial charge on any atom is -0.328 e. The van der Waals surface area contributed by atoms with Crippen LogP contribution in [0.25, 0.3) is 22.6 Å². The van der Waals surface area contributed by atoms with E-state index in [2.05, 4.69) is 9.97 Å². The monoisotopic (exact) mass is 285 g/mol. The minimum absolute atomic E-state index is 0.0114. The summed E-state index contributed by atoms with van der Waals surface area (Å²) in [5.41, 5.74) is 1.17. The number of benzene rings is 1. The molecule has 8 nitrogen and oxygen atoms in total. The molecule has 0 N–H and O–H groups in total. The van der Waals surface area contributed by atoms with Gasteiger partial charge in [-0.25, -0.2) is 4.98 Å². The van der Waals surface area contributed by atoms with Crippen molar-refractivity contribution in [3.63, 3.8) is 0 Å². The van der Waals surface area contributed by atoms with Crippen molar-refractivity contribution in [2.45, 2.75) is 0 Å². The zero-order valence-corrected chi connectivity index (χ0v) is 11.3. The highest BCUT2D eigenvalue weighted by atomic mass is 16.6. The van der Waals surface area contributed by atoms with Crippen LogP contribution >= 0.6 is 0 Å². The second-order valence-electron chi connectivity index (χ2n) is 4.63. The van der Waals surface area contributed by atoms with E-state index in [1.54, 1.807) is 41.7 Å². The van der Waals surface area contributed by atoms with Gasteiger partial charge in [0.15, 0.2) is 11.2 Å². The number of nitro benzene ring substituents is 1. The van der Waals surface area contributed by atoms with E-state index < -0.39 is 4.92 Å². The summed E-state index contributed by atoms with van der Waals surface area (Å²) in [6, 6.07) is 5.89. The second kappa shape index (κ2) is 4.51. The summed E-state index contributed by atoms with van der Waals surface area (Å²) >= 11 is 0. The van der Waals surface area contributed by atoms with E-state index in [-0.39, 0.29) is 11.2 Å². The number of imidazole rings is 1. The molecule has 0 atom stereocenters. The van der Waals surface area contributed by atoms with Gasteiger partial charge in [0.1, 0.15) is 5.82 Å². The van der Waals surface area contributed by atoms with E-state index in [0.717, 1.165) is 0 Å². The normalized spacial score (nSPS) is 11.0. The Labute approximate surface area is 118 Å². The largest absolute Gasteiger partial charge is 0.328 e. The number of hydrogen-bond donors (Lipinski definition) is 0. The summed E-state index contributed by atoms with van der Waals surface area (Å²) in [4.78, 5) is 30.5. The molecule has 0 bridgehead atoms. The smallest absolute Gasteiger partial charge is 0.299 e. The van der Waals surface area contributed by atoms with E-state index in [4.69, 9.17) is 0 Å². The number of non-ortho nitro benzene ring substituents is 1. The standard InChI is InChI=1S/C13H11N5O3/c1-16-7-14-12-10(16)13(19)15-11(17(12)2)8-3-5-9(6-4-8)18(20)21/h3-7H,1-2H3. The molecule has 3 rings (SSSR count). The van der Waals surface area contributed by atoms with Crippen molar-refractivity contribution in [3.05, 3.63) is 51.1 Å². The molecule has 3 aromatic rings. The highest BCUT2D eigenvalue weighted by Crippen LogP contribution is 2.21. The summed E-state index contributed by atoms with van der Waals surface area (Å²) in [7, 11) is 3.47. The summed E-state index contributed by atoms with van der Waals surface area (Å²) < 4.78 is 3.31. The molecule has 0 aliphatic carbocycles. The Bertz CT molecular complexity index is 908. The van der Waals surface area contributed by atoms with Gasteiger partial charge in [-0.2, -0.15) is 4.98 Å². The van der Waals surface area contributed by atoms with E-state index in [9.17, 15) is 14.9 Å². The number of hydrogen-bond acceptors (Lipinski definition) is 5. The van der Waals surface area contributed by atoms with Gasteiger partial charge in [-0.15, -0.1) is 0 Å². The molecule has 0 radical (unpaired) electrons. The van der Waals surface area contributed by atoms with Crippen LogP contribution in [0.15, 0.2) is 35.4 Å². The van der Waals surface area contributed by atoms with Crippen LogP contribution in [0, 0.1) is 10.1 Å². The molecule has 0 aliphatic rings. The van der Waals surface area contributed by atoms with Crippen molar-refractivity contribution < 1.29 is 4.92 Å². The number of fused-ring (bicyclic) bond motifs is 1. The lowest BCUT2D eigenvalue weighted by Gasteiger charge is -2.08. The topological polar surface area (TPSA) is 95.8 Å². The van der Waals surface area contributed by atoms with E-state index in [1.807, 2.05) is 0 Å². The molecule has 0 spiro atoms. The Morgan fingerprint density at radius 2 is 1.86 bits per heavy atom. The minimum atomic E-state index is -0.474. The summed E-state index contributed by atoms with van der Waals surface area (Å²) in [6.07, 6.45) is 1.55. The van der Waals surface area contributed by atoms with Crippen LogP contribution in [-0.2, 0) is 14.1 Å². The van der Waals surface area contributed by atoms with Gasteiger partial charge in [0.25, 0.3) is 11.2 Å². The lowest BCUT2D eigenvalue weighted by Crippen LogP contribution is -2.16. The maximum absolute atomic E-state index is 12.1. The molecule has 1 aromatic carbocycles. The summed E-state index contributed by atoms with van der Waals surface area (Å²) in [6.45, 7) is 0. The van der Waals surface area contributed by atoms with Crippen LogP contribution in [0.2, 0.25) is 0 Å². The number of nitrogens with zero attached hydrogens (tertiary/aromatic N) is 5. The summed E-state index contributed by atoms with van der Waals surface area (Å²) in [5.74, 6) is 0.418. The third-order valence-corrected chi connectivity index (χ3v) is 3.30. The van der Waals surface area contributed by atoms with Gasteiger partial charge in [0, 0.05) is 31.8 Å². The number of nitro groups is 1. The average molecular weight is 285 g/mol. The number of rotatable bonds is 2. The van der Waals surface area contributed by atoms with Crippen LogP contribution in [0.4, 0.5) is 5.69 Å². The first kappa shape index (κ1) is 13.0. The fourth-order valence-corrected chi connectivity index (χ4v) is 2.22. The van der Waals surface area contributed by atoms with Crippen LogP contribution in [0.5, 0.6) is 0 Å². The molecule has 0 unspecified atom stereocenters. The van der Waals surface area contributed by atoms with E-state index in [1.165, 1.54) is 12.1 Å². The van der Waals surface area contributed by atoms with Gasteiger partial charge < -0.3 is 9.13 Å². The third kappa shape index (κ3) is 1.97. The van der Waals surface area contributed by atoms with E-state index >= 15 is 0 Å². The van der Waals surface area contributed by atoms with Gasteiger partial charge in [-0.05, 0) is 12.1 Å². The highest BCUT2D eigenvalue weighted by Gasteiger charge is 2.14. The molecule has 0 aliphatic heterocycles. The molecule has 106 valence electrons. The predicted octanol–water partition coefficient (Wildman–Crippen LogP) is 1.24. The van der Waals surface area contributed by atoms with Gasteiger partial charge in [-0.3, -0.25) is 14.9 Å². The SMILES string of the molecule is Cn1cnc2c1c(=O)nc(-c1ccc([N+](=O)[O-])cc1)n2C. The van der Waals surface area contributed by atoms with Crippen LogP contribution < -0.4 is 5.56 Å². The molecule has 8 heteroatoms. The van der Waals surface area contributed by atoms with Crippen molar-refractivity contribution in [2.75, 3.05) is 0 Å². The first-order valence-electron chi connectivity index (χ1n) is 6.12. The zero-order chi connectivity index (χ0) is 15.1. The maximum Gasteiger partial charge on any atom is 0.299 e. The van der Waals surface area contributed by atoms with Crippen LogP contribution in [-0.4, -0.2) is 24.0 Å². The van der Waals surface area contributed by atoms with Crippen LogP contribution in [0.3, 0.4) is 0 Å². The zero-order valence-electron chi connectivity index (χ0n) is 11.3. The van der Waals surface area contributed by atoms with Gasteiger partial charge in [-0.1, -0.05) is 0 Å². The van der Waals surface area contributed by atoms with Gasteiger partial charge in [0.2, 0.25) is 0 Å². The Kier molecular flexibility index (Phi) is 2.79. The third-order valence-electron chi connectivity index (χ3n) is 3.30. The fraction of sp³-hybridized carbons (Fsp3) is 0.154. The van der Waals surface area contributed by atoms with Gasteiger partial charge >= 0.3 is 0 Å². The van der Waals surface area contributed by atoms with E-state index in [0.29, 0.717) is 22.6 Å². The Hall–Kier alpha value is -3.03. The lowest BCUT2D eigenvalue weighted by molar-refractivity contribution is -0.384. The molecule has 2 aromatic heterocycles. The first-order chi connectivity index (χ1) is 9.99. The van der Waals surface area contributed by atoms with Crippen molar-refractivity contribution in [1.82, 2.24) is 19.1 Å². The Morgan fingerprint density at radius 1 is 1.19 bits per heavy atom. The van der Waals surface area contributed by atoms with Crippen molar-refractivity contribution in [2.24, 2.45) is 14.1 Å². The molecule has 0 fully saturated rings. The summed E-state index contributed by atoms with van der Waals surface area (Å²) in [5, 5.41) is 10.7. The van der Waals surface area contributed by atoms with Gasteiger partial charge in [0.05, 0.1) is 11.3 Å². The quantitative estimate of drug-likeness (QED) is 0.521. The molecule has 2 heterocycles. The fourth-order valence-electron chi connectivity index (χ4n) is 2.22. The molecular formula is C13H11N5O3. The van der Waals surface area contributed by atoms with Crippen molar-refractivity contribution in [3.8, 4) is 11.4 Å². The van der Waals surface area contributed by atoms with Crippen LogP contribution in [0.1, 0.15) is 0 Å². The molecule has 0 saturated heterocycles. The first-order valence-corrected chi connectivity index (χ1v) is 6.12.